The van der Waals surface area contributed by atoms with E-state index >= 15 is 0 Å². The summed E-state index contributed by atoms with van der Waals surface area (Å²) < 4.78 is 19.4. The lowest BCUT2D eigenvalue weighted by Crippen LogP contribution is -2.31. The van der Waals surface area contributed by atoms with Crippen LogP contribution in [0.2, 0.25) is 0 Å². The molecule has 2 rings (SSSR count). The first-order valence-corrected chi connectivity index (χ1v) is 7.43. The van der Waals surface area contributed by atoms with Crippen LogP contribution in [0, 0.1) is 5.82 Å². The molecule has 0 heterocycles. The van der Waals surface area contributed by atoms with Crippen LogP contribution in [0.5, 0.6) is 5.75 Å². The molecule has 5 nitrogen and oxygen atoms in total. The smallest absolute Gasteiger partial charge is 0.267 e. The molecule has 2 aromatic rings. The molecule has 0 aliphatic heterocycles. The second-order valence-electron chi connectivity index (χ2n) is 5.51. The van der Waals surface area contributed by atoms with Crippen LogP contribution < -0.4 is 4.74 Å². The van der Waals surface area contributed by atoms with Crippen molar-refractivity contribution < 1.29 is 24.1 Å². The van der Waals surface area contributed by atoms with Crippen LogP contribution in [0.1, 0.15) is 22.8 Å². The van der Waals surface area contributed by atoms with E-state index in [4.69, 9.17) is 4.74 Å². The predicted molar refractivity (Wildman–Crippen MR) is 86.8 cm³/mol. The minimum absolute atomic E-state index is 0.116. The summed E-state index contributed by atoms with van der Waals surface area (Å²) in [5.74, 6) is -0.783. The normalized spacial score (nSPS) is 11.9. The molecule has 2 aromatic carbocycles. The van der Waals surface area contributed by atoms with Gasteiger partial charge in [-0.15, -0.1) is 0 Å². The molecule has 0 fully saturated rings. The van der Waals surface area contributed by atoms with Gasteiger partial charge in [-0.05, 0) is 12.1 Å². The van der Waals surface area contributed by atoms with Crippen LogP contribution >= 0.6 is 0 Å². The maximum absolute atomic E-state index is 13.6. The van der Waals surface area contributed by atoms with E-state index in [0.717, 1.165) is 12.1 Å². The van der Waals surface area contributed by atoms with E-state index in [1.54, 1.807) is 38.4 Å². The van der Waals surface area contributed by atoms with Crippen LogP contribution in [-0.2, 0) is 18.0 Å². The van der Waals surface area contributed by atoms with Gasteiger partial charge in [0, 0.05) is 30.8 Å². The molecule has 0 bridgehead atoms. The van der Waals surface area contributed by atoms with Gasteiger partial charge in [0.1, 0.15) is 11.6 Å². The first-order chi connectivity index (χ1) is 11.5. The number of amides is 1. The molecule has 0 saturated heterocycles. The van der Waals surface area contributed by atoms with E-state index in [9.17, 15) is 19.4 Å². The number of ether oxygens (including phenoxy) is 1. The Morgan fingerprint density at radius 1 is 1.12 bits per heavy atom. The zero-order chi connectivity index (χ0) is 17.7. The summed E-state index contributed by atoms with van der Waals surface area (Å²) in [5, 5.41) is 18.9. The maximum atomic E-state index is 13.6. The highest BCUT2D eigenvalue weighted by Crippen LogP contribution is 2.31. The van der Waals surface area contributed by atoms with Gasteiger partial charge in [-0.1, -0.05) is 30.3 Å². The number of halogens is 1. The van der Waals surface area contributed by atoms with Crippen LogP contribution in [0.25, 0.3) is 0 Å². The monoisotopic (exact) mass is 333 g/mol. The standard InChI is InChI=1S/C18H20FNO4/c1-20(2)18(23)17(12-6-4-3-5-7-12)24-16-13(10-21)8-15(19)9-14(16)11-22/h3-9,17,21-22H,10-11H2,1-2H3/t17-/m1/s1. The summed E-state index contributed by atoms with van der Waals surface area (Å²) in [7, 11) is 3.21. The second kappa shape index (κ2) is 7.90. The van der Waals surface area contributed by atoms with Crippen LogP contribution in [0.3, 0.4) is 0 Å². The molecule has 0 spiro atoms. The molecule has 6 heteroatoms. The molecule has 1 amide bonds. The van der Waals surface area contributed by atoms with Crippen molar-refractivity contribution in [3.05, 3.63) is 65.0 Å². The van der Waals surface area contributed by atoms with E-state index in [-0.39, 0.29) is 22.8 Å². The largest absolute Gasteiger partial charge is 0.475 e. The first kappa shape index (κ1) is 17.9. The maximum Gasteiger partial charge on any atom is 0.267 e. The number of likely N-dealkylation sites (N-methyl/N-ethyl adjacent to an activating group) is 1. The Labute approximate surface area is 139 Å². The van der Waals surface area contributed by atoms with Crippen molar-refractivity contribution in [1.82, 2.24) is 4.90 Å². The number of benzene rings is 2. The number of aliphatic hydroxyl groups is 2. The Bertz CT molecular complexity index is 678. The second-order valence-corrected chi connectivity index (χ2v) is 5.51. The zero-order valence-corrected chi connectivity index (χ0v) is 13.6. The van der Waals surface area contributed by atoms with E-state index in [2.05, 4.69) is 0 Å². The Morgan fingerprint density at radius 3 is 2.12 bits per heavy atom. The first-order valence-electron chi connectivity index (χ1n) is 7.43. The Morgan fingerprint density at radius 2 is 1.67 bits per heavy atom. The van der Waals surface area contributed by atoms with Crippen molar-refractivity contribution in [3.63, 3.8) is 0 Å². The fraction of sp³-hybridized carbons (Fsp3) is 0.278. The highest BCUT2D eigenvalue weighted by molar-refractivity contribution is 5.82. The SMILES string of the molecule is CN(C)C(=O)[C@H](Oc1c(CO)cc(F)cc1CO)c1ccccc1. The van der Waals surface area contributed by atoms with Gasteiger partial charge in [0.05, 0.1) is 13.2 Å². The highest BCUT2D eigenvalue weighted by Gasteiger charge is 2.26. The average Bonchev–Trinajstić information content (AvgIpc) is 2.59. The van der Waals surface area contributed by atoms with Crippen molar-refractivity contribution >= 4 is 5.91 Å². The summed E-state index contributed by atoms with van der Waals surface area (Å²) in [6.07, 6.45) is -0.970. The molecule has 24 heavy (non-hydrogen) atoms. The Kier molecular flexibility index (Phi) is 5.89. The third-order valence-corrected chi connectivity index (χ3v) is 3.55. The number of aliphatic hydroxyl groups excluding tert-OH is 2. The Hall–Kier alpha value is -2.44. The fourth-order valence-electron chi connectivity index (χ4n) is 2.34. The van der Waals surface area contributed by atoms with Crippen LogP contribution in [0.15, 0.2) is 42.5 Å². The third-order valence-electron chi connectivity index (χ3n) is 3.55. The number of hydrogen-bond acceptors (Lipinski definition) is 4. The fourth-order valence-corrected chi connectivity index (χ4v) is 2.34. The highest BCUT2D eigenvalue weighted by atomic mass is 19.1. The van der Waals surface area contributed by atoms with E-state index < -0.39 is 25.1 Å². The molecular formula is C18H20FNO4. The zero-order valence-electron chi connectivity index (χ0n) is 13.6. The van der Waals surface area contributed by atoms with Gasteiger partial charge in [0.25, 0.3) is 5.91 Å². The number of carbonyl (C=O) groups excluding carboxylic acids is 1. The summed E-state index contributed by atoms with van der Waals surface area (Å²) in [6.45, 7) is -0.949. The van der Waals surface area contributed by atoms with Crippen molar-refractivity contribution in [1.29, 1.82) is 0 Å². The predicted octanol–water partition coefficient (Wildman–Crippen LogP) is 2.02. The lowest BCUT2D eigenvalue weighted by molar-refractivity contribution is -0.136. The van der Waals surface area contributed by atoms with Gasteiger partial charge in [-0.3, -0.25) is 4.79 Å². The van der Waals surface area contributed by atoms with Crippen molar-refractivity contribution in [2.75, 3.05) is 14.1 Å². The van der Waals surface area contributed by atoms with Crippen LogP contribution in [0.4, 0.5) is 4.39 Å². The molecule has 128 valence electrons. The molecule has 0 aliphatic rings. The lowest BCUT2D eigenvalue weighted by atomic mass is 10.1. The minimum Gasteiger partial charge on any atom is -0.475 e. The lowest BCUT2D eigenvalue weighted by Gasteiger charge is -2.24. The van der Waals surface area contributed by atoms with Crippen LogP contribution in [-0.4, -0.2) is 35.1 Å². The molecule has 0 saturated carbocycles. The van der Waals surface area contributed by atoms with Gasteiger partial charge in [-0.2, -0.15) is 0 Å². The number of hydrogen-bond donors (Lipinski definition) is 2. The van der Waals surface area contributed by atoms with E-state index in [0.29, 0.717) is 5.56 Å². The summed E-state index contributed by atoms with van der Waals surface area (Å²) in [5.41, 5.74) is 0.964. The topological polar surface area (TPSA) is 70.0 Å². The third kappa shape index (κ3) is 3.90. The van der Waals surface area contributed by atoms with E-state index in [1.165, 1.54) is 4.90 Å². The minimum atomic E-state index is -0.970. The molecule has 1 atom stereocenters. The molecule has 2 N–H and O–H groups in total. The van der Waals surface area contributed by atoms with Gasteiger partial charge < -0.3 is 19.8 Å². The number of rotatable bonds is 6. The van der Waals surface area contributed by atoms with Gasteiger partial charge in [0.2, 0.25) is 6.10 Å². The molecule has 0 aromatic heterocycles. The average molecular weight is 333 g/mol. The molecule has 0 aliphatic carbocycles. The quantitative estimate of drug-likeness (QED) is 0.848. The molecular weight excluding hydrogens is 313 g/mol. The van der Waals surface area contributed by atoms with Gasteiger partial charge in [0.15, 0.2) is 0 Å². The molecule has 0 unspecified atom stereocenters. The summed E-state index contributed by atoms with van der Waals surface area (Å²) in [4.78, 5) is 13.9. The van der Waals surface area contributed by atoms with Gasteiger partial charge in [-0.25, -0.2) is 4.39 Å². The van der Waals surface area contributed by atoms with Gasteiger partial charge >= 0.3 is 0 Å². The molecule has 0 radical (unpaired) electrons. The number of carbonyl (C=O) groups is 1. The van der Waals surface area contributed by atoms with Crippen molar-refractivity contribution in [2.24, 2.45) is 0 Å². The van der Waals surface area contributed by atoms with E-state index in [1.807, 2.05) is 6.07 Å². The van der Waals surface area contributed by atoms with Crippen molar-refractivity contribution in [3.8, 4) is 5.75 Å². The summed E-state index contributed by atoms with van der Waals surface area (Å²) in [6, 6.07) is 11.1. The number of nitrogens with zero attached hydrogens (tertiary/aromatic N) is 1. The van der Waals surface area contributed by atoms with Crippen molar-refractivity contribution in [2.45, 2.75) is 19.3 Å². The summed E-state index contributed by atoms with van der Waals surface area (Å²) >= 11 is 0. The Balaban J connectivity index is 2.49.